The van der Waals surface area contributed by atoms with Crippen molar-refractivity contribution < 1.29 is 4.79 Å². The molecule has 2 N–H and O–H groups in total. The first-order valence-electron chi connectivity index (χ1n) is 9.97. The Hall–Kier alpha value is -4.05. The highest BCUT2D eigenvalue weighted by Gasteiger charge is 2.16. The van der Waals surface area contributed by atoms with Crippen LogP contribution in [0.25, 0.3) is 10.8 Å². The molecule has 146 valence electrons. The molecular formula is C26H21N3O. The molecule has 0 atom stereocenters. The summed E-state index contributed by atoms with van der Waals surface area (Å²) in [6.07, 6.45) is 4.18. The standard InChI is InChI=1S/C26H21N3O/c30-26(28-21-8-2-1-3-9-21)20-11-14-22(15-12-20)29-18-6-17-27-25-23-10-5-4-7-19(23)13-16-24(25)29/h1-16,18,27H,17H2,(H,28,30). The van der Waals surface area contributed by atoms with E-state index in [0.29, 0.717) is 5.56 Å². The number of carbonyl (C=O) groups is 1. The molecule has 0 aliphatic carbocycles. The summed E-state index contributed by atoms with van der Waals surface area (Å²) in [7, 11) is 0. The molecule has 4 heteroatoms. The van der Waals surface area contributed by atoms with E-state index in [1.807, 2.05) is 54.6 Å². The Morgan fingerprint density at radius 3 is 2.43 bits per heavy atom. The minimum Gasteiger partial charge on any atom is -0.379 e. The number of para-hydroxylation sites is 1. The molecule has 1 aliphatic heterocycles. The average Bonchev–Trinajstić information content (AvgIpc) is 3.03. The second kappa shape index (κ2) is 7.76. The number of anilines is 4. The summed E-state index contributed by atoms with van der Waals surface area (Å²) in [6, 6.07) is 29.8. The van der Waals surface area contributed by atoms with Crippen LogP contribution in [0.5, 0.6) is 0 Å². The molecule has 4 aromatic carbocycles. The van der Waals surface area contributed by atoms with Crippen molar-refractivity contribution in [3.8, 4) is 0 Å². The monoisotopic (exact) mass is 391 g/mol. The zero-order valence-corrected chi connectivity index (χ0v) is 16.4. The van der Waals surface area contributed by atoms with Crippen molar-refractivity contribution in [1.29, 1.82) is 0 Å². The Balaban J connectivity index is 1.46. The lowest BCUT2D eigenvalue weighted by Crippen LogP contribution is -2.13. The smallest absolute Gasteiger partial charge is 0.255 e. The maximum atomic E-state index is 12.6. The second-order valence-corrected chi connectivity index (χ2v) is 7.18. The van der Waals surface area contributed by atoms with Crippen molar-refractivity contribution in [2.75, 3.05) is 22.1 Å². The third kappa shape index (κ3) is 3.40. The number of rotatable bonds is 3. The molecule has 0 spiro atoms. The first-order chi connectivity index (χ1) is 14.8. The predicted molar refractivity (Wildman–Crippen MR) is 125 cm³/mol. The van der Waals surface area contributed by atoms with Crippen molar-refractivity contribution in [1.82, 2.24) is 0 Å². The van der Waals surface area contributed by atoms with Crippen molar-refractivity contribution in [3.05, 3.63) is 109 Å². The predicted octanol–water partition coefficient (Wildman–Crippen LogP) is 6.17. The van der Waals surface area contributed by atoms with Gasteiger partial charge < -0.3 is 15.5 Å². The zero-order chi connectivity index (χ0) is 20.3. The molecule has 5 rings (SSSR count). The summed E-state index contributed by atoms with van der Waals surface area (Å²) in [5, 5.41) is 8.86. The van der Waals surface area contributed by atoms with Crippen LogP contribution in [-0.2, 0) is 0 Å². The molecule has 0 aromatic heterocycles. The number of nitrogens with zero attached hydrogens (tertiary/aromatic N) is 1. The van der Waals surface area contributed by atoms with Crippen LogP contribution in [0.2, 0.25) is 0 Å². The molecule has 4 nitrogen and oxygen atoms in total. The highest BCUT2D eigenvalue weighted by atomic mass is 16.1. The van der Waals surface area contributed by atoms with Crippen LogP contribution in [0.1, 0.15) is 10.4 Å². The quantitative estimate of drug-likeness (QED) is 0.439. The summed E-state index contributed by atoms with van der Waals surface area (Å²) < 4.78 is 0. The molecule has 0 fully saturated rings. The fraction of sp³-hybridized carbons (Fsp3) is 0.0385. The normalized spacial score (nSPS) is 12.7. The van der Waals surface area contributed by atoms with Crippen molar-refractivity contribution in [2.45, 2.75) is 0 Å². The Morgan fingerprint density at radius 2 is 1.60 bits per heavy atom. The first kappa shape index (κ1) is 18.0. The Kier molecular flexibility index (Phi) is 4.66. The molecule has 1 amide bonds. The SMILES string of the molecule is O=C(Nc1ccccc1)c1ccc(N2C=CCNc3c2ccc2ccccc32)cc1. The third-order valence-corrected chi connectivity index (χ3v) is 5.26. The maximum absolute atomic E-state index is 12.6. The van der Waals surface area contributed by atoms with E-state index in [0.717, 1.165) is 29.3 Å². The van der Waals surface area contributed by atoms with Gasteiger partial charge in [0.05, 0.1) is 11.4 Å². The van der Waals surface area contributed by atoms with Gasteiger partial charge in [-0.3, -0.25) is 4.79 Å². The largest absolute Gasteiger partial charge is 0.379 e. The van der Waals surface area contributed by atoms with E-state index in [1.165, 1.54) is 10.8 Å². The maximum Gasteiger partial charge on any atom is 0.255 e. The second-order valence-electron chi connectivity index (χ2n) is 7.18. The number of nitrogens with one attached hydrogen (secondary N) is 2. The molecule has 0 saturated heterocycles. The number of fused-ring (bicyclic) bond motifs is 3. The third-order valence-electron chi connectivity index (χ3n) is 5.26. The lowest BCUT2D eigenvalue weighted by molar-refractivity contribution is 0.102. The van der Waals surface area contributed by atoms with E-state index in [4.69, 9.17) is 0 Å². The number of carbonyl (C=O) groups excluding carboxylic acids is 1. The van der Waals surface area contributed by atoms with E-state index in [-0.39, 0.29) is 5.91 Å². The van der Waals surface area contributed by atoms with Crippen molar-refractivity contribution in [3.63, 3.8) is 0 Å². The van der Waals surface area contributed by atoms with E-state index < -0.39 is 0 Å². The number of amides is 1. The minimum absolute atomic E-state index is 0.118. The molecule has 0 saturated carbocycles. The van der Waals surface area contributed by atoms with Gasteiger partial charge in [-0.2, -0.15) is 0 Å². The van der Waals surface area contributed by atoms with Crippen LogP contribution in [-0.4, -0.2) is 12.5 Å². The first-order valence-corrected chi connectivity index (χ1v) is 9.97. The van der Waals surface area contributed by atoms with E-state index in [9.17, 15) is 4.79 Å². The Labute approximate surface area is 175 Å². The van der Waals surface area contributed by atoms with Crippen LogP contribution in [0, 0.1) is 0 Å². The van der Waals surface area contributed by atoms with Crippen molar-refractivity contribution >= 4 is 39.4 Å². The Bertz CT molecular complexity index is 1230. The van der Waals surface area contributed by atoms with Gasteiger partial charge in [0, 0.05) is 35.1 Å². The highest BCUT2D eigenvalue weighted by Crippen LogP contribution is 2.39. The summed E-state index contributed by atoms with van der Waals surface area (Å²) >= 11 is 0. The molecule has 0 radical (unpaired) electrons. The van der Waals surface area contributed by atoms with Gasteiger partial charge in [-0.1, -0.05) is 48.5 Å². The molecule has 0 bridgehead atoms. The van der Waals surface area contributed by atoms with Gasteiger partial charge in [0.25, 0.3) is 5.91 Å². The molecule has 1 aliphatic rings. The zero-order valence-electron chi connectivity index (χ0n) is 16.4. The van der Waals surface area contributed by atoms with Gasteiger partial charge >= 0.3 is 0 Å². The highest BCUT2D eigenvalue weighted by molar-refractivity contribution is 6.05. The molecule has 0 unspecified atom stereocenters. The Morgan fingerprint density at radius 1 is 0.833 bits per heavy atom. The lowest BCUT2D eigenvalue weighted by atomic mass is 10.1. The summed E-state index contributed by atoms with van der Waals surface area (Å²) in [6.45, 7) is 0.759. The minimum atomic E-state index is -0.118. The van der Waals surface area contributed by atoms with Crippen LogP contribution < -0.4 is 15.5 Å². The number of hydrogen-bond acceptors (Lipinski definition) is 3. The van der Waals surface area contributed by atoms with Gasteiger partial charge in [0.2, 0.25) is 0 Å². The average molecular weight is 391 g/mol. The van der Waals surface area contributed by atoms with Crippen LogP contribution >= 0.6 is 0 Å². The van der Waals surface area contributed by atoms with Gasteiger partial charge in [0.15, 0.2) is 0 Å². The molecule has 1 heterocycles. The molecular weight excluding hydrogens is 370 g/mol. The molecule has 4 aromatic rings. The lowest BCUT2D eigenvalue weighted by Gasteiger charge is -2.23. The fourth-order valence-electron chi connectivity index (χ4n) is 3.77. The van der Waals surface area contributed by atoms with E-state index in [2.05, 4.69) is 64.2 Å². The van der Waals surface area contributed by atoms with Crippen LogP contribution in [0.3, 0.4) is 0 Å². The molecule has 30 heavy (non-hydrogen) atoms. The topological polar surface area (TPSA) is 44.4 Å². The summed E-state index contributed by atoms with van der Waals surface area (Å²) in [5.74, 6) is -0.118. The van der Waals surface area contributed by atoms with Gasteiger partial charge in [-0.15, -0.1) is 0 Å². The summed E-state index contributed by atoms with van der Waals surface area (Å²) in [5.41, 5.74) is 4.61. The van der Waals surface area contributed by atoms with Crippen LogP contribution in [0.15, 0.2) is 103 Å². The number of benzene rings is 4. The van der Waals surface area contributed by atoms with Gasteiger partial charge in [-0.05, 0) is 53.9 Å². The van der Waals surface area contributed by atoms with Gasteiger partial charge in [-0.25, -0.2) is 0 Å². The fourth-order valence-corrected chi connectivity index (χ4v) is 3.77. The van der Waals surface area contributed by atoms with Gasteiger partial charge in [0.1, 0.15) is 0 Å². The summed E-state index contributed by atoms with van der Waals surface area (Å²) in [4.78, 5) is 14.7. The number of hydrogen-bond donors (Lipinski definition) is 2. The van der Waals surface area contributed by atoms with E-state index in [1.54, 1.807) is 0 Å². The van der Waals surface area contributed by atoms with Crippen LogP contribution in [0.4, 0.5) is 22.7 Å². The van der Waals surface area contributed by atoms with Crippen molar-refractivity contribution in [2.24, 2.45) is 0 Å². The van der Waals surface area contributed by atoms with E-state index >= 15 is 0 Å².